The molecule has 0 aromatic carbocycles. The fourth-order valence-electron chi connectivity index (χ4n) is 0. The molecule has 0 saturated carbocycles. The molecule has 0 aromatic rings. The Morgan fingerprint density at radius 2 is 1.83 bits per heavy atom. The Morgan fingerprint density at radius 3 is 1.83 bits per heavy atom. The Balaban J connectivity index is -0.0000000800. The molecule has 0 bridgehead atoms. The van der Waals surface area contributed by atoms with Crippen LogP contribution in [0.25, 0.3) is 0 Å². The zero-order valence-corrected chi connectivity index (χ0v) is 6.44. The van der Waals surface area contributed by atoms with Gasteiger partial charge < -0.3 is 12.9 Å². The normalized spacial score (nSPS) is 8.00. The van der Waals surface area contributed by atoms with Crippen LogP contribution in [0.5, 0.6) is 0 Å². The van der Waals surface area contributed by atoms with Crippen LogP contribution in [0.2, 0.25) is 0 Å². The van der Waals surface area contributed by atoms with E-state index in [9.17, 15) is 0 Å². The summed E-state index contributed by atoms with van der Waals surface area (Å²) in [6.07, 6.45) is 0.745. The van der Waals surface area contributed by atoms with Crippen molar-refractivity contribution in [1.29, 1.82) is 0 Å². The van der Waals surface area contributed by atoms with Gasteiger partial charge in [-0.3, -0.25) is 0 Å². The van der Waals surface area contributed by atoms with E-state index in [-0.39, 0.29) is 37.1 Å². The van der Waals surface area contributed by atoms with Crippen LogP contribution >= 0.6 is 0 Å². The maximum absolute atomic E-state index is 5.07. The summed E-state index contributed by atoms with van der Waals surface area (Å²) >= 11 is 0. The van der Waals surface area contributed by atoms with Gasteiger partial charge in [-0.05, 0) is 6.42 Å². The van der Waals surface area contributed by atoms with Crippen LogP contribution < -0.4 is 41.0 Å². The standard InChI is InChI=1S/C3H10N2.Na.H/c1-2-3(4)5;;/h3H,2,4-5H2,1H3;;/q;+1;-1. The van der Waals surface area contributed by atoms with Gasteiger partial charge in [0.1, 0.15) is 0 Å². The predicted octanol–water partition coefficient (Wildman–Crippen LogP) is -3.24. The fourth-order valence-corrected chi connectivity index (χ4v) is 0. The van der Waals surface area contributed by atoms with Gasteiger partial charge in [-0.25, -0.2) is 0 Å². The van der Waals surface area contributed by atoms with Gasteiger partial charge in [0.05, 0.1) is 6.17 Å². The zero-order valence-electron chi connectivity index (χ0n) is 5.44. The quantitative estimate of drug-likeness (QED) is 0.267. The van der Waals surface area contributed by atoms with Crippen molar-refractivity contribution < 1.29 is 31.0 Å². The van der Waals surface area contributed by atoms with Crippen molar-refractivity contribution in [2.75, 3.05) is 0 Å². The topological polar surface area (TPSA) is 52.0 Å². The van der Waals surface area contributed by atoms with Gasteiger partial charge >= 0.3 is 29.6 Å². The molecule has 0 fully saturated rings. The van der Waals surface area contributed by atoms with Crippen molar-refractivity contribution in [1.82, 2.24) is 0 Å². The molecule has 0 aromatic heterocycles. The van der Waals surface area contributed by atoms with Gasteiger partial charge in [-0.15, -0.1) is 0 Å². The summed E-state index contributed by atoms with van der Waals surface area (Å²) in [5.41, 5.74) is 10.1. The number of rotatable bonds is 1. The zero-order chi connectivity index (χ0) is 4.28. The van der Waals surface area contributed by atoms with Crippen LogP contribution in [0.1, 0.15) is 14.8 Å². The molecule has 0 rings (SSSR count). The van der Waals surface area contributed by atoms with E-state index in [1.165, 1.54) is 0 Å². The molecule has 0 spiro atoms. The van der Waals surface area contributed by atoms with Crippen molar-refractivity contribution in [3.05, 3.63) is 0 Å². The second-order valence-corrected chi connectivity index (χ2v) is 1.07. The van der Waals surface area contributed by atoms with Crippen molar-refractivity contribution in [3.8, 4) is 0 Å². The average molecular weight is 98.1 g/mol. The third-order valence-electron chi connectivity index (χ3n) is 0.471. The van der Waals surface area contributed by atoms with Crippen molar-refractivity contribution >= 4 is 0 Å². The van der Waals surface area contributed by atoms with E-state index >= 15 is 0 Å². The van der Waals surface area contributed by atoms with Crippen molar-refractivity contribution in [3.63, 3.8) is 0 Å². The molecular weight excluding hydrogens is 87.0 g/mol. The van der Waals surface area contributed by atoms with Crippen LogP contribution in [0.15, 0.2) is 0 Å². The Hall–Kier alpha value is 0.920. The largest absolute Gasteiger partial charge is 1.00 e. The van der Waals surface area contributed by atoms with Crippen LogP contribution in [-0.4, -0.2) is 6.17 Å². The van der Waals surface area contributed by atoms with Gasteiger partial charge in [0.25, 0.3) is 0 Å². The molecule has 3 heteroatoms. The van der Waals surface area contributed by atoms with E-state index in [2.05, 4.69) is 0 Å². The molecule has 0 atom stereocenters. The third-order valence-corrected chi connectivity index (χ3v) is 0.471. The van der Waals surface area contributed by atoms with Crippen LogP contribution in [0, 0.1) is 0 Å². The summed E-state index contributed by atoms with van der Waals surface area (Å²) in [7, 11) is 0. The number of hydrogen-bond acceptors (Lipinski definition) is 2. The summed E-state index contributed by atoms with van der Waals surface area (Å²) < 4.78 is 0. The Kier molecular flexibility index (Phi) is 9.89. The second kappa shape index (κ2) is 5.92. The van der Waals surface area contributed by atoms with Crippen molar-refractivity contribution in [2.45, 2.75) is 19.5 Å². The van der Waals surface area contributed by atoms with Gasteiger partial charge in [-0.1, -0.05) is 6.92 Å². The van der Waals surface area contributed by atoms with Crippen LogP contribution in [-0.2, 0) is 0 Å². The maximum atomic E-state index is 5.07. The molecule has 0 aliphatic carbocycles. The van der Waals surface area contributed by atoms with Crippen LogP contribution in [0.3, 0.4) is 0 Å². The van der Waals surface area contributed by atoms with E-state index in [0.717, 1.165) is 6.42 Å². The molecule has 2 nitrogen and oxygen atoms in total. The van der Waals surface area contributed by atoms with E-state index in [1.54, 1.807) is 0 Å². The summed E-state index contributed by atoms with van der Waals surface area (Å²) in [5, 5.41) is 0. The number of hydrogen-bond donors (Lipinski definition) is 2. The van der Waals surface area contributed by atoms with Crippen LogP contribution in [0.4, 0.5) is 0 Å². The molecule has 0 aliphatic rings. The third kappa shape index (κ3) is 8.87. The first-order valence-corrected chi connectivity index (χ1v) is 1.78. The molecule has 0 aliphatic heterocycles. The van der Waals surface area contributed by atoms with E-state index in [1.807, 2.05) is 6.92 Å². The molecule has 4 N–H and O–H groups in total. The smallest absolute Gasteiger partial charge is 1.00 e. The Labute approximate surface area is 62.0 Å². The monoisotopic (exact) mass is 98.1 g/mol. The molecule has 0 radical (unpaired) electrons. The predicted molar refractivity (Wildman–Crippen MR) is 23.6 cm³/mol. The molecule has 6 heavy (non-hydrogen) atoms. The summed E-state index contributed by atoms with van der Waals surface area (Å²) in [6, 6.07) is 0. The maximum Gasteiger partial charge on any atom is 1.00 e. The molecule has 0 unspecified atom stereocenters. The first kappa shape index (κ1) is 10.0. The minimum absolute atomic E-state index is 0. The van der Waals surface area contributed by atoms with Gasteiger partial charge in [0.15, 0.2) is 0 Å². The van der Waals surface area contributed by atoms with E-state index in [4.69, 9.17) is 11.5 Å². The Bertz CT molecular complexity index is 26.9. The van der Waals surface area contributed by atoms with Gasteiger partial charge in [0, 0.05) is 0 Å². The Morgan fingerprint density at radius 1 is 1.67 bits per heavy atom. The average Bonchev–Trinajstić information content (AvgIpc) is 1.38. The summed E-state index contributed by atoms with van der Waals surface area (Å²) in [5.74, 6) is 0. The van der Waals surface area contributed by atoms with E-state index in [0.29, 0.717) is 0 Å². The second-order valence-electron chi connectivity index (χ2n) is 1.07. The SMILES string of the molecule is CCC(N)N.[H-].[Na+]. The molecule has 0 heterocycles. The van der Waals surface area contributed by atoms with Gasteiger partial charge in [-0.2, -0.15) is 0 Å². The van der Waals surface area contributed by atoms with Crippen molar-refractivity contribution in [2.24, 2.45) is 11.5 Å². The summed E-state index contributed by atoms with van der Waals surface area (Å²) in [4.78, 5) is 0. The van der Waals surface area contributed by atoms with E-state index < -0.39 is 0 Å². The minimum Gasteiger partial charge on any atom is -1.00 e. The van der Waals surface area contributed by atoms with Gasteiger partial charge in [0.2, 0.25) is 0 Å². The first-order valence-electron chi connectivity index (χ1n) is 1.78. The molecule has 0 saturated heterocycles. The molecule has 0 amide bonds. The molecule has 34 valence electrons. The summed E-state index contributed by atoms with van der Waals surface area (Å²) in [6.45, 7) is 1.95. The minimum atomic E-state index is -0.116. The molecular formula is C3H11N2Na. The number of nitrogens with two attached hydrogens (primary N) is 2. The fraction of sp³-hybridized carbons (Fsp3) is 1.00. The first-order chi connectivity index (χ1) is 2.27.